The number of sulfonamides is 2. The standard InChI is InChI=1S/C15H21N3O5S2/c1-12-11-24(20,21)18(15(12)19)13-3-5-14(6-4-13)25(22,23)17-9-7-16(2)8-10-17/h3-6,12H,7-11H2,1-2H3/t12-/m0/s1. The fourth-order valence-electron chi connectivity index (χ4n) is 3.02. The van der Waals surface area contributed by atoms with Crippen molar-refractivity contribution in [2.75, 3.05) is 43.3 Å². The second-order valence-corrected chi connectivity index (χ2v) is 10.3. The molecule has 0 spiro atoms. The lowest BCUT2D eigenvalue weighted by atomic mass is 10.2. The average Bonchev–Trinajstić information content (AvgIpc) is 2.75. The summed E-state index contributed by atoms with van der Waals surface area (Å²) in [5, 5.41) is 0. The van der Waals surface area contributed by atoms with Crippen molar-refractivity contribution in [3.8, 4) is 0 Å². The third-order valence-corrected chi connectivity index (χ3v) is 8.31. The SMILES string of the molecule is C[C@H]1CS(=O)(=O)N(c2ccc(S(=O)(=O)N3CCN(C)CC3)cc2)C1=O. The highest BCUT2D eigenvalue weighted by atomic mass is 32.2. The van der Waals surface area contributed by atoms with Gasteiger partial charge in [0, 0.05) is 26.2 Å². The number of carbonyl (C=O) groups is 1. The van der Waals surface area contributed by atoms with Crippen LogP contribution in [0, 0.1) is 5.92 Å². The molecule has 0 unspecified atom stereocenters. The van der Waals surface area contributed by atoms with E-state index in [0.717, 1.165) is 4.31 Å². The molecule has 1 atom stereocenters. The van der Waals surface area contributed by atoms with Gasteiger partial charge in [0.15, 0.2) is 0 Å². The highest BCUT2D eigenvalue weighted by Crippen LogP contribution is 2.29. The molecule has 8 nitrogen and oxygen atoms in total. The average molecular weight is 387 g/mol. The number of nitrogens with zero attached hydrogens (tertiary/aromatic N) is 3. The molecule has 0 N–H and O–H groups in total. The first-order valence-electron chi connectivity index (χ1n) is 7.98. The fourth-order valence-corrected chi connectivity index (χ4v) is 6.26. The van der Waals surface area contributed by atoms with Crippen molar-refractivity contribution in [1.82, 2.24) is 9.21 Å². The first-order chi connectivity index (χ1) is 11.6. The minimum Gasteiger partial charge on any atom is -0.304 e. The van der Waals surface area contributed by atoms with Gasteiger partial charge in [-0.1, -0.05) is 6.92 Å². The van der Waals surface area contributed by atoms with Crippen molar-refractivity contribution in [3.05, 3.63) is 24.3 Å². The van der Waals surface area contributed by atoms with E-state index in [2.05, 4.69) is 4.90 Å². The third kappa shape index (κ3) is 3.31. The van der Waals surface area contributed by atoms with Crippen molar-refractivity contribution in [3.63, 3.8) is 0 Å². The molecule has 2 fully saturated rings. The quantitative estimate of drug-likeness (QED) is 0.721. The van der Waals surface area contributed by atoms with E-state index < -0.39 is 31.9 Å². The van der Waals surface area contributed by atoms with Crippen LogP contribution in [0.2, 0.25) is 0 Å². The lowest BCUT2D eigenvalue weighted by Crippen LogP contribution is -2.47. The van der Waals surface area contributed by atoms with Crippen LogP contribution >= 0.6 is 0 Å². The molecular formula is C15H21N3O5S2. The van der Waals surface area contributed by atoms with Gasteiger partial charge in [0.1, 0.15) is 0 Å². The smallest absolute Gasteiger partial charge is 0.244 e. The van der Waals surface area contributed by atoms with Crippen LogP contribution in [0.15, 0.2) is 29.2 Å². The number of piperazine rings is 1. The molecule has 0 aliphatic carbocycles. The summed E-state index contributed by atoms with van der Waals surface area (Å²) in [5.74, 6) is -1.32. The predicted octanol–water partition coefficient (Wildman–Crippen LogP) is -0.0648. The molecule has 0 bridgehead atoms. The van der Waals surface area contributed by atoms with Gasteiger partial charge in [0.25, 0.3) is 0 Å². The lowest BCUT2D eigenvalue weighted by molar-refractivity contribution is -0.119. The maximum atomic E-state index is 12.7. The Morgan fingerprint density at radius 1 is 1.04 bits per heavy atom. The molecule has 2 heterocycles. The summed E-state index contributed by atoms with van der Waals surface area (Å²) < 4.78 is 51.8. The second-order valence-electron chi connectivity index (χ2n) is 6.48. The van der Waals surface area contributed by atoms with Gasteiger partial charge in [0.2, 0.25) is 26.0 Å². The number of rotatable bonds is 3. The molecule has 138 valence electrons. The molecule has 0 aromatic heterocycles. The largest absolute Gasteiger partial charge is 0.304 e. The van der Waals surface area contributed by atoms with E-state index in [0.29, 0.717) is 26.2 Å². The van der Waals surface area contributed by atoms with Gasteiger partial charge in [-0.05, 0) is 31.3 Å². The van der Waals surface area contributed by atoms with Crippen LogP contribution in [-0.4, -0.2) is 70.9 Å². The molecule has 0 saturated carbocycles. The molecule has 1 aromatic carbocycles. The Balaban J connectivity index is 1.87. The topological polar surface area (TPSA) is 95.1 Å². The van der Waals surface area contributed by atoms with Crippen molar-refractivity contribution in [2.45, 2.75) is 11.8 Å². The van der Waals surface area contributed by atoms with Crippen LogP contribution in [0.3, 0.4) is 0 Å². The van der Waals surface area contributed by atoms with E-state index in [9.17, 15) is 21.6 Å². The van der Waals surface area contributed by atoms with Crippen molar-refractivity contribution >= 4 is 31.6 Å². The second kappa shape index (κ2) is 6.35. The zero-order valence-electron chi connectivity index (χ0n) is 14.1. The maximum absolute atomic E-state index is 12.7. The van der Waals surface area contributed by atoms with E-state index >= 15 is 0 Å². The lowest BCUT2D eigenvalue weighted by Gasteiger charge is -2.31. The normalized spacial score (nSPS) is 25.4. The van der Waals surface area contributed by atoms with Crippen molar-refractivity contribution in [2.24, 2.45) is 5.92 Å². The molecule has 2 aliphatic rings. The maximum Gasteiger partial charge on any atom is 0.244 e. The van der Waals surface area contributed by atoms with E-state index in [-0.39, 0.29) is 16.3 Å². The number of hydrogen-bond donors (Lipinski definition) is 0. The number of hydrogen-bond acceptors (Lipinski definition) is 6. The van der Waals surface area contributed by atoms with Gasteiger partial charge in [-0.25, -0.2) is 21.1 Å². The zero-order chi connectivity index (χ0) is 18.4. The van der Waals surface area contributed by atoms with E-state index in [1.54, 1.807) is 6.92 Å². The predicted molar refractivity (Wildman–Crippen MR) is 93.1 cm³/mol. The molecule has 2 saturated heterocycles. The summed E-state index contributed by atoms with van der Waals surface area (Å²) >= 11 is 0. The van der Waals surface area contributed by atoms with Crippen LogP contribution < -0.4 is 4.31 Å². The third-order valence-electron chi connectivity index (χ3n) is 4.53. The van der Waals surface area contributed by atoms with Gasteiger partial charge < -0.3 is 4.90 Å². The molecule has 2 aliphatic heterocycles. The number of carbonyl (C=O) groups excluding carboxylic acids is 1. The van der Waals surface area contributed by atoms with Gasteiger partial charge in [-0.2, -0.15) is 4.31 Å². The zero-order valence-corrected chi connectivity index (χ0v) is 15.8. The fraction of sp³-hybridized carbons (Fsp3) is 0.533. The van der Waals surface area contributed by atoms with E-state index in [1.165, 1.54) is 28.6 Å². The van der Waals surface area contributed by atoms with Gasteiger partial charge in [0.05, 0.1) is 22.3 Å². The van der Waals surface area contributed by atoms with Crippen LogP contribution in [0.4, 0.5) is 5.69 Å². The minimum absolute atomic E-state index is 0.0953. The van der Waals surface area contributed by atoms with Gasteiger partial charge in [-0.3, -0.25) is 4.79 Å². The Bertz CT molecular complexity index is 872. The molecule has 3 rings (SSSR count). The Kier molecular flexibility index (Phi) is 4.65. The summed E-state index contributed by atoms with van der Waals surface area (Å²) in [6, 6.07) is 5.45. The van der Waals surface area contributed by atoms with Crippen molar-refractivity contribution < 1.29 is 21.6 Å². The molecule has 25 heavy (non-hydrogen) atoms. The number of benzene rings is 1. The number of anilines is 1. The summed E-state index contributed by atoms with van der Waals surface area (Å²) in [6.07, 6.45) is 0. The van der Waals surface area contributed by atoms with Gasteiger partial charge >= 0.3 is 0 Å². The molecule has 10 heteroatoms. The van der Waals surface area contributed by atoms with Crippen LogP contribution in [-0.2, 0) is 24.8 Å². The first kappa shape index (κ1) is 18.3. The summed E-state index contributed by atoms with van der Waals surface area (Å²) in [7, 11) is -5.38. The number of amides is 1. The van der Waals surface area contributed by atoms with Crippen LogP contribution in [0.5, 0.6) is 0 Å². The summed E-state index contributed by atoms with van der Waals surface area (Å²) in [6.45, 7) is 3.71. The summed E-state index contributed by atoms with van der Waals surface area (Å²) in [5.41, 5.74) is 0.173. The molecule has 1 aromatic rings. The first-order valence-corrected chi connectivity index (χ1v) is 11.0. The molecule has 1 amide bonds. The minimum atomic E-state index is -3.70. The Hall–Kier alpha value is -1.49. The van der Waals surface area contributed by atoms with Crippen LogP contribution in [0.1, 0.15) is 6.92 Å². The Labute approximate surface area is 148 Å². The van der Waals surface area contributed by atoms with Gasteiger partial charge in [-0.15, -0.1) is 0 Å². The number of likely N-dealkylation sites (N-methyl/N-ethyl adjacent to an activating group) is 1. The molecular weight excluding hydrogens is 366 g/mol. The Morgan fingerprint density at radius 3 is 2.08 bits per heavy atom. The van der Waals surface area contributed by atoms with Crippen molar-refractivity contribution in [1.29, 1.82) is 0 Å². The molecule has 0 radical (unpaired) electrons. The van der Waals surface area contributed by atoms with Crippen LogP contribution in [0.25, 0.3) is 0 Å². The monoisotopic (exact) mass is 387 g/mol. The Morgan fingerprint density at radius 2 is 1.60 bits per heavy atom. The highest BCUT2D eigenvalue weighted by Gasteiger charge is 2.42. The van der Waals surface area contributed by atoms with E-state index in [1.807, 2.05) is 7.05 Å². The highest BCUT2D eigenvalue weighted by molar-refractivity contribution is 7.94. The summed E-state index contributed by atoms with van der Waals surface area (Å²) in [4.78, 5) is 14.2. The van der Waals surface area contributed by atoms with E-state index in [4.69, 9.17) is 0 Å².